The molecule has 1 aliphatic carbocycles. The summed E-state index contributed by atoms with van der Waals surface area (Å²) < 4.78 is 5.33. The first kappa shape index (κ1) is 17.5. The lowest BCUT2D eigenvalue weighted by Gasteiger charge is -2.44. The largest absolute Gasteiger partial charge is 0.339 e. The standard InChI is InChI=1S/C20H24ClN3O2/c21-16-9-7-15(8-10-16)20-22-18(26-23-20)11-12-19(25)24-13-3-5-14-4-1-2-6-17(14)24/h7-10,14,17H,1-6,11-13H2. The summed E-state index contributed by atoms with van der Waals surface area (Å²) in [6, 6.07) is 7.77. The van der Waals surface area contributed by atoms with Crippen molar-refractivity contribution in [2.45, 2.75) is 57.4 Å². The monoisotopic (exact) mass is 373 g/mol. The smallest absolute Gasteiger partial charge is 0.227 e. The molecule has 0 spiro atoms. The SMILES string of the molecule is O=C(CCc1nc(-c2ccc(Cl)cc2)no1)N1CCCC2CCCCC21. The average molecular weight is 374 g/mol. The molecule has 2 heterocycles. The second kappa shape index (κ2) is 7.78. The Hall–Kier alpha value is -1.88. The Morgan fingerprint density at radius 1 is 1.15 bits per heavy atom. The molecule has 4 rings (SSSR count). The summed E-state index contributed by atoms with van der Waals surface area (Å²) in [5.74, 6) is 1.99. The summed E-state index contributed by atoms with van der Waals surface area (Å²) in [6.45, 7) is 0.903. The summed E-state index contributed by atoms with van der Waals surface area (Å²) >= 11 is 5.90. The van der Waals surface area contributed by atoms with Gasteiger partial charge in [0.1, 0.15) is 0 Å². The highest BCUT2D eigenvalue weighted by Gasteiger charge is 2.35. The fraction of sp³-hybridized carbons (Fsp3) is 0.550. The first-order valence-electron chi connectivity index (χ1n) is 9.59. The number of hydrogen-bond acceptors (Lipinski definition) is 4. The van der Waals surface area contributed by atoms with Crippen LogP contribution in [0, 0.1) is 5.92 Å². The van der Waals surface area contributed by atoms with E-state index >= 15 is 0 Å². The van der Waals surface area contributed by atoms with Crippen LogP contribution in [0.25, 0.3) is 11.4 Å². The molecule has 1 aromatic heterocycles. The molecule has 2 fully saturated rings. The van der Waals surface area contributed by atoms with Crippen molar-refractivity contribution >= 4 is 17.5 Å². The van der Waals surface area contributed by atoms with Gasteiger partial charge in [-0.2, -0.15) is 4.98 Å². The number of likely N-dealkylation sites (tertiary alicyclic amines) is 1. The molecular formula is C20H24ClN3O2. The van der Waals surface area contributed by atoms with Gasteiger partial charge in [0.05, 0.1) is 0 Å². The van der Waals surface area contributed by atoms with Gasteiger partial charge in [-0.25, -0.2) is 0 Å². The molecule has 2 atom stereocenters. The van der Waals surface area contributed by atoms with Gasteiger partial charge < -0.3 is 9.42 Å². The Morgan fingerprint density at radius 2 is 1.92 bits per heavy atom. The Morgan fingerprint density at radius 3 is 2.77 bits per heavy atom. The molecule has 1 aromatic carbocycles. The summed E-state index contributed by atoms with van der Waals surface area (Å²) in [5.41, 5.74) is 0.858. The Balaban J connectivity index is 1.36. The van der Waals surface area contributed by atoms with Gasteiger partial charge in [-0.15, -0.1) is 0 Å². The number of aryl methyl sites for hydroxylation is 1. The number of aromatic nitrogens is 2. The molecule has 1 saturated carbocycles. The number of carbonyl (C=O) groups excluding carboxylic acids is 1. The molecular weight excluding hydrogens is 350 g/mol. The van der Waals surface area contributed by atoms with Crippen molar-refractivity contribution in [2.24, 2.45) is 5.92 Å². The number of carbonyl (C=O) groups is 1. The summed E-state index contributed by atoms with van der Waals surface area (Å²) in [5, 5.41) is 4.69. The summed E-state index contributed by atoms with van der Waals surface area (Å²) in [6.07, 6.45) is 8.35. The Bertz CT molecular complexity index is 757. The second-order valence-corrected chi connectivity index (χ2v) is 7.80. The molecule has 1 amide bonds. The lowest BCUT2D eigenvalue weighted by Crippen LogP contribution is -2.49. The van der Waals surface area contributed by atoms with Crippen LogP contribution in [0.1, 0.15) is 50.8 Å². The highest BCUT2D eigenvalue weighted by molar-refractivity contribution is 6.30. The van der Waals surface area contributed by atoms with E-state index in [2.05, 4.69) is 15.0 Å². The molecule has 2 aliphatic rings. The van der Waals surface area contributed by atoms with Crippen molar-refractivity contribution in [1.82, 2.24) is 15.0 Å². The lowest BCUT2D eigenvalue weighted by atomic mass is 9.78. The molecule has 6 heteroatoms. The molecule has 0 N–H and O–H groups in total. The maximum Gasteiger partial charge on any atom is 0.227 e. The number of rotatable bonds is 4. The van der Waals surface area contributed by atoms with Crippen LogP contribution in [0.2, 0.25) is 5.02 Å². The van der Waals surface area contributed by atoms with Crippen LogP contribution >= 0.6 is 11.6 Å². The molecule has 1 saturated heterocycles. The van der Waals surface area contributed by atoms with Crippen molar-refractivity contribution in [1.29, 1.82) is 0 Å². The van der Waals surface area contributed by atoms with Crippen LogP contribution in [-0.2, 0) is 11.2 Å². The minimum Gasteiger partial charge on any atom is -0.339 e. The van der Waals surface area contributed by atoms with Crippen LogP contribution in [0.5, 0.6) is 0 Å². The number of nitrogens with zero attached hydrogens (tertiary/aromatic N) is 3. The van der Waals surface area contributed by atoms with Gasteiger partial charge in [0.25, 0.3) is 0 Å². The third-order valence-electron chi connectivity index (χ3n) is 5.69. The highest BCUT2D eigenvalue weighted by atomic mass is 35.5. The fourth-order valence-corrected chi connectivity index (χ4v) is 4.49. The van der Waals surface area contributed by atoms with Crippen molar-refractivity contribution < 1.29 is 9.32 Å². The van der Waals surface area contributed by atoms with Crippen molar-refractivity contribution in [2.75, 3.05) is 6.54 Å². The number of amides is 1. The zero-order chi connectivity index (χ0) is 17.9. The van der Waals surface area contributed by atoms with Crippen LogP contribution in [0.15, 0.2) is 28.8 Å². The zero-order valence-electron chi connectivity index (χ0n) is 14.9. The van der Waals surface area contributed by atoms with E-state index in [-0.39, 0.29) is 5.91 Å². The average Bonchev–Trinajstić information content (AvgIpc) is 3.15. The van der Waals surface area contributed by atoms with E-state index in [0.29, 0.717) is 41.5 Å². The first-order valence-corrected chi connectivity index (χ1v) is 9.96. The quantitative estimate of drug-likeness (QED) is 0.791. The van der Waals surface area contributed by atoms with Crippen molar-refractivity contribution in [3.8, 4) is 11.4 Å². The molecule has 138 valence electrons. The lowest BCUT2D eigenvalue weighted by molar-refractivity contribution is -0.137. The maximum atomic E-state index is 12.8. The number of halogens is 1. The number of hydrogen-bond donors (Lipinski definition) is 0. The van der Waals surface area contributed by atoms with Gasteiger partial charge in [0.2, 0.25) is 17.6 Å². The minimum atomic E-state index is 0.229. The zero-order valence-corrected chi connectivity index (χ0v) is 15.6. The predicted molar refractivity (Wildman–Crippen MR) is 99.8 cm³/mol. The Labute approximate surface area is 158 Å². The van der Waals surface area contributed by atoms with Crippen LogP contribution in [-0.4, -0.2) is 33.5 Å². The molecule has 2 aromatic rings. The second-order valence-electron chi connectivity index (χ2n) is 7.36. The molecule has 0 radical (unpaired) electrons. The van der Waals surface area contributed by atoms with Gasteiger partial charge in [0.15, 0.2) is 0 Å². The molecule has 5 nitrogen and oxygen atoms in total. The summed E-state index contributed by atoms with van der Waals surface area (Å²) in [4.78, 5) is 19.3. The van der Waals surface area contributed by atoms with E-state index in [9.17, 15) is 4.79 Å². The normalized spacial score (nSPS) is 22.9. The minimum absolute atomic E-state index is 0.229. The van der Waals surface area contributed by atoms with Gasteiger partial charge in [-0.05, 0) is 55.9 Å². The van der Waals surface area contributed by atoms with E-state index in [1.807, 2.05) is 12.1 Å². The van der Waals surface area contributed by atoms with E-state index < -0.39 is 0 Å². The summed E-state index contributed by atoms with van der Waals surface area (Å²) in [7, 11) is 0. The van der Waals surface area contributed by atoms with Gasteiger partial charge in [0, 0.05) is 36.0 Å². The maximum absolute atomic E-state index is 12.8. The van der Waals surface area contributed by atoms with Crippen molar-refractivity contribution in [3.05, 3.63) is 35.2 Å². The highest BCUT2D eigenvalue weighted by Crippen LogP contribution is 2.35. The topological polar surface area (TPSA) is 59.2 Å². The van der Waals surface area contributed by atoms with E-state index in [1.54, 1.807) is 12.1 Å². The van der Waals surface area contributed by atoms with Gasteiger partial charge in [-0.3, -0.25) is 4.79 Å². The number of piperidine rings is 1. The van der Waals surface area contributed by atoms with Gasteiger partial charge in [-0.1, -0.05) is 29.6 Å². The number of fused-ring (bicyclic) bond motifs is 1. The third-order valence-corrected chi connectivity index (χ3v) is 5.94. The first-order chi connectivity index (χ1) is 12.7. The fourth-order valence-electron chi connectivity index (χ4n) is 4.36. The molecule has 0 bridgehead atoms. The predicted octanol–water partition coefficient (Wildman–Crippen LogP) is 4.50. The van der Waals surface area contributed by atoms with E-state index in [0.717, 1.165) is 24.9 Å². The van der Waals surface area contributed by atoms with E-state index in [1.165, 1.54) is 25.7 Å². The van der Waals surface area contributed by atoms with E-state index in [4.69, 9.17) is 16.1 Å². The molecule has 26 heavy (non-hydrogen) atoms. The number of benzene rings is 1. The van der Waals surface area contributed by atoms with Crippen LogP contribution < -0.4 is 0 Å². The third kappa shape index (κ3) is 3.78. The van der Waals surface area contributed by atoms with Crippen LogP contribution in [0.4, 0.5) is 0 Å². The van der Waals surface area contributed by atoms with Gasteiger partial charge >= 0.3 is 0 Å². The van der Waals surface area contributed by atoms with Crippen LogP contribution in [0.3, 0.4) is 0 Å². The van der Waals surface area contributed by atoms with Crippen molar-refractivity contribution in [3.63, 3.8) is 0 Å². The molecule has 2 unspecified atom stereocenters. The Kier molecular flexibility index (Phi) is 5.25. The molecule has 1 aliphatic heterocycles.